The third-order valence-corrected chi connectivity index (χ3v) is 6.50. The minimum Gasteiger partial charge on any atom is -0.384 e. The highest BCUT2D eigenvalue weighted by Gasteiger charge is 2.41. The molecule has 1 N–H and O–H groups in total. The van der Waals surface area contributed by atoms with Gasteiger partial charge in [0.05, 0.1) is 0 Å². The molecule has 0 aromatic heterocycles. The summed E-state index contributed by atoms with van der Waals surface area (Å²) in [5, 5.41) is 3.66. The molecule has 1 spiro atoms. The number of nitrogens with one attached hydrogen (secondary N) is 1. The summed E-state index contributed by atoms with van der Waals surface area (Å²) in [6.45, 7) is 9.60. The molecule has 1 aromatic rings. The zero-order valence-electron chi connectivity index (χ0n) is 14.6. The van der Waals surface area contributed by atoms with Crippen LogP contribution in [-0.4, -0.2) is 31.1 Å². The average molecular weight is 310 g/mol. The number of nitrogens with zero attached hydrogens (tertiary/aromatic N) is 1. The molecule has 2 nitrogen and oxygen atoms in total. The molecule has 0 bridgehead atoms. The van der Waals surface area contributed by atoms with E-state index in [1.165, 1.54) is 56.6 Å². The van der Waals surface area contributed by atoms with Gasteiger partial charge in [0.15, 0.2) is 0 Å². The molecule has 0 radical (unpaired) electrons. The van der Waals surface area contributed by atoms with Gasteiger partial charge in [-0.15, -0.1) is 0 Å². The van der Waals surface area contributed by atoms with Crippen molar-refractivity contribution in [2.75, 3.05) is 31.5 Å². The summed E-state index contributed by atoms with van der Waals surface area (Å²) in [6, 6.07) is 6.94. The summed E-state index contributed by atoms with van der Waals surface area (Å²) in [5.74, 6) is 1.63. The fourth-order valence-electron chi connectivity index (χ4n) is 4.89. The lowest BCUT2D eigenvalue weighted by molar-refractivity contribution is 0.140. The number of piperidine rings is 1. The van der Waals surface area contributed by atoms with Gasteiger partial charge in [0, 0.05) is 24.2 Å². The van der Waals surface area contributed by atoms with Crippen LogP contribution in [0.3, 0.4) is 0 Å². The monoisotopic (exact) mass is 310 g/mol. The first-order valence-corrected chi connectivity index (χ1v) is 9.40. The second kappa shape index (κ2) is 5.98. The number of allylic oxidation sites excluding steroid dienone is 2. The van der Waals surface area contributed by atoms with Crippen LogP contribution >= 0.6 is 0 Å². The third-order valence-electron chi connectivity index (χ3n) is 6.50. The van der Waals surface area contributed by atoms with Crippen molar-refractivity contribution in [2.45, 2.75) is 44.9 Å². The zero-order chi connectivity index (χ0) is 15.9. The van der Waals surface area contributed by atoms with Crippen LogP contribution in [0.4, 0.5) is 5.69 Å². The highest BCUT2D eigenvalue weighted by Crippen LogP contribution is 2.44. The second-order valence-electron chi connectivity index (χ2n) is 8.13. The van der Waals surface area contributed by atoms with Gasteiger partial charge in [-0.3, -0.25) is 0 Å². The average Bonchev–Trinajstić information content (AvgIpc) is 3.20. The van der Waals surface area contributed by atoms with Gasteiger partial charge in [-0.05, 0) is 69.2 Å². The maximum atomic E-state index is 3.66. The number of likely N-dealkylation sites (tertiary alicyclic amines) is 1. The predicted octanol–water partition coefficient (Wildman–Crippen LogP) is 4.36. The molecule has 2 heteroatoms. The molecule has 2 unspecified atom stereocenters. The summed E-state index contributed by atoms with van der Waals surface area (Å²) < 4.78 is 0. The molecule has 4 rings (SSSR count). The number of fused-ring (bicyclic) bond motifs is 2. The van der Waals surface area contributed by atoms with E-state index in [-0.39, 0.29) is 0 Å². The van der Waals surface area contributed by atoms with Crippen LogP contribution in [0.5, 0.6) is 0 Å². The van der Waals surface area contributed by atoms with Crippen LogP contribution in [0.2, 0.25) is 0 Å². The van der Waals surface area contributed by atoms with E-state index in [4.69, 9.17) is 0 Å². The molecule has 2 atom stereocenters. The van der Waals surface area contributed by atoms with Crippen molar-refractivity contribution in [1.82, 2.24) is 4.90 Å². The predicted molar refractivity (Wildman–Crippen MR) is 98.0 cm³/mol. The van der Waals surface area contributed by atoms with E-state index >= 15 is 0 Å². The number of benzene rings is 1. The van der Waals surface area contributed by atoms with Crippen LogP contribution < -0.4 is 5.32 Å². The zero-order valence-corrected chi connectivity index (χ0v) is 14.6. The number of hydrogen-bond acceptors (Lipinski definition) is 2. The summed E-state index contributed by atoms with van der Waals surface area (Å²) >= 11 is 0. The summed E-state index contributed by atoms with van der Waals surface area (Å²) in [5.41, 5.74) is 4.77. The van der Waals surface area contributed by atoms with Crippen LogP contribution in [0, 0.1) is 18.8 Å². The molecule has 0 saturated carbocycles. The molecular weight excluding hydrogens is 280 g/mol. The van der Waals surface area contributed by atoms with Gasteiger partial charge in [0.25, 0.3) is 0 Å². The van der Waals surface area contributed by atoms with Crippen molar-refractivity contribution in [3.05, 3.63) is 41.5 Å². The van der Waals surface area contributed by atoms with E-state index in [0.717, 1.165) is 18.4 Å². The molecule has 1 aliphatic carbocycles. The molecule has 1 aromatic carbocycles. The van der Waals surface area contributed by atoms with E-state index in [1.54, 1.807) is 5.56 Å². The largest absolute Gasteiger partial charge is 0.384 e. The van der Waals surface area contributed by atoms with Gasteiger partial charge in [0.2, 0.25) is 0 Å². The molecule has 23 heavy (non-hydrogen) atoms. The Morgan fingerprint density at radius 3 is 2.87 bits per heavy atom. The Labute approximate surface area is 141 Å². The van der Waals surface area contributed by atoms with Crippen LogP contribution in [-0.2, 0) is 5.41 Å². The Hall–Kier alpha value is -1.28. The van der Waals surface area contributed by atoms with Crippen LogP contribution in [0.15, 0.2) is 30.4 Å². The van der Waals surface area contributed by atoms with Crippen molar-refractivity contribution in [3.8, 4) is 0 Å². The minimum absolute atomic E-state index is 0.397. The lowest BCUT2D eigenvalue weighted by atomic mass is 9.74. The molecule has 1 saturated heterocycles. The highest BCUT2D eigenvalue weighted by molar-refractivity contribution is 5.61. The minimum atomic E-state index is 0.397. The first-order chi connectivity index (χ1) is 11.2. The van der Waals surface area contributed by atoms with E-state index in [2.05, 4.69) is 54.4 Å². The van der Waals surface area contributed by atoms with Gasteiger partial charge in [-0.25, -0.2) is 0 Å². The number of hydrogen-bond donors (Lipinski definition) is 1. The highest BCUT2D eigenvalue weighted by atomic mass is 15.1. The van der Waals surface area contributed by atoms with E-state index in [0.29, 0.717) is 5.41 Å². The fourth-order valence-corrected chi connectivity index (χ4v) is 4.89. The third kappa shape index (κ3) is 2.82. The normalized spacial score (nSPS) is 27.1. The first kappa shape index (κ1) is 15.3. The Morgan fingerprint density at radius 1 is 1.30 bits per heavy atom. The van der Waals surface area contributed by atoms with Gasteiger partial charge < -0.3 is 10.2 Å². The number of anilines is 1. The van der Waals surface area contributed by atoms with Crippen molar-refractivity contribution in [3.63, 3.8) is 0 Å². The maximum absolute atomic E-state index is 3.66. The van der Waals surface area contributed by atoms with Crippen LogP contribution in [0.25, 0.3) is 0 Å². The Morgan fingerprint density at radius 2 is 2.13 bits per heavy atom. The lowest BCUT2D eigenvalue weighted by Crippen LogP contribution is -2.45. The van der Waals surface area contributed by atoms with E-state index in [1.807, 2.05) is 0 Å². The van der Waals surface area contributed by atoms with Crippen LogP contribution in [0.1, 0.15) is 43.7 Å². The Kier molecular flexibility index (Phi) is 3.96. The Bertz CT molecular complexity index is 596. The summed E-state index contributed by atoms with van der Waals surface area (Å²) in [6.07, 6.45) is 10.1. The van der Waals surface area contributed by atoms with E-state index < -0.39 is 0 Å². The molecule has 1 fully saturated rings. The topological polar surface area (TPSA) is 15.3 Å². The second-order valence-corrected chi connectivity index (χ2v) is 8.13. The lowest BCUT2D eigenvalue weighted by Gasteiger charge is -2.40. The molecule has 2 aliphatic heterocycles. The molecular formula is C21H30N2. The molecule has 124 valence electrons. The SMILES string of the molecule is Cc1ccc2c(c1)C1(CCN(CC(C)C3C=CCC3)CC1)CN2. The van der Waals surface area contributed by atoms with Gasteiger partial charge in [-0.2, -0.15) is 0 Å². The van der Waals surface area contributed by atoms with Crippen molar-refractivity contribution < 1.29 is 0 Å². The summed E-state index contributed by atoms with van der Waals surface area (Å²) in [7, 11) is 0. The van der Waals surface area contributed by atoms with Crippen molar-refractivity contribution >= 4 is 5.69 Å². The number of rotatable bonds is 3. The van der Waals surface area contributed by atoms with E-state index in [9.17, 15) is 0 Å². The smallest absolute Gasteiger partial charge is 0.0379 e. The van der Waals surface area contributed by atoms with Crippen molar-refractivity contribution in [1.29, 1.82) is 0 Å². The first-order valence-electron chi connectivity index (χ1n) is 9.40. The van der Waals surface area contributed by atoms with Gasteiger partial charge >= 0.3 is 0 Å². The number of aryl methyl sites for hydroxylation is 1. The molecule has 2 heterocycles. The summed E-state index contributed by atoms with van der Waals surface area (Å²) in [4.78, 5) is 2.72. The van der Waals surface area contributed by atoms with Gasteiger partial charge in [-0.1, -0.05) is 36.8 Å². The fraction of sp³-hybridized carbons (Fsp3) is 0.619. The molecule has 3 aliphatic rings. The standard InChI is InChI=1S/C21H30N2/c1-16-7-8-20-19(13-16)21(15-22-20)9-11-23(12-10-21)14-17(2)18-5-3-4-6-18/h3,5,7-8,13,17-18,22H,4,6,9-12,14-15H2,1-2H3. The quantitative estimate of drug-likeness (QED) is 0.835. The molecule has 0 amide bonds. The maximum Gasteiger partial charge on any atom is 0.0379 e. The van der Waals surface area contributed by atoms with Crippen molar-refractivity contribution in [2.24, 2.45) is 11.8 Å². The van der Waals surface area contributed by atoms with Gasteiger partial charge in [0.1, 0.15) is 0 Å². The Balaban J connectivity index is 1.40.